The number of morpholine rings is 1. The Morgan fingerprint density at radius 2 is 1.91 bits per heavy atom. The van der Waals surface area contributed by atoms with E-state index in [0.29, 0.717) is 38.5 Å². The number of carbonyl (C=O) groups is 1. The molecule has 1 aromatic carbocycles. The first kappa shape index (κ1) is 22.7. The Labute approximate surface area is 193 Å². The molecule has 172 valence electrons. The molecule has 1 aliphatic rings. The van der Waals surface area contributed by atoms with Gasteiger partial charge in [0, 0.05) is 37.9 Å². The average molecular weight is 450 g/mol. The Morgan fingerprint density at radius 3 is 2.70 bits per heavy atom. The van der Waals surface area contributed by atoms with Gasteiger partial charge in [-0.1, -0.05) is 18.2 Å². The van der Waals surface area contributed by atoms with Crippen LogP contribution in [0, 0.1) is 12.7 Å². The Morgan fingerprint density at radius 1 is 1.15 bits per heavy atom. The highest BCUT2D eigenvalue weighted by molar-refractivity contribution is 5.77. The maximum Gasteiger partial charge on any atom is 0.224 e. The van der Waals surface area contributed by atoms with Gasteiger partial charge in [-0.05, 0) is 49.4 Å². The third-order valence-corrected chi connectivity index (χ3v) is 5.57. The molecule has 7 nitrogen and oxygen atoms in total. The fourth-order valence-electron chi connectivity index (χ4n) is 3.76. The standard InChI is InChI=1S/C25H28FN5O2/c1-18-6-3-10-23(27-18)29-24-11-5-9-21(28-24)22-17-31(14-15-33-22)25(32)12-13-30(2)20-8-4-7-19(26)16-20/h3-11,16,22H,12-15,17H2,1-2H3,(H,27,28,29). The molecule has 1 aliphatic heterocycles. The highest BCUT2D eigenvalue weighted by Gasteiger charge is 2.26. The minimum Gasteiger partial charge on any atom is -0.374 e. The number of anilines is 3. The smallest absolute Gasteiger partial charge is 0.224 e. The van der Waals surface area contributed by atoms with E-state index >= 15 is 0 Å². The first-order chi connectivity index (χ1) is 16.0. The van der Waals surface area contributed by atoms with E-state index < -0.39 is 0 Å². The molecule has 0 saturated carbocycles. The number of amides is 1. The van der Waals surface area contributed by atoms with Crippen LogP contribution in [0.2, 0.25) is 0 Å². The molecule has 0 radical (unpaired) electrons. The van der Waals surface area contributed by atoms with Crippen LogP contribution < -0.4 is 10.2 Å². The zero-order valence-electron chi connectivity index (χ0n) is 18.9. The van der Waals surface area contributed by atoms with Crippen molar-refractivity contribution in [2.75, 3.05) is 43.5 Å². The van der Waals surface area contributed by atoms with E-state index in [2.05, 4.69) is 15.3 Å². The fourth-order valence-corrected chi connectivity index (χ4v) is 3.76. The number of aromatic nitrogens is 2. The van der Waals surface area contributed by atoms with Gasteiger partial charge < -0.3 is 19.9 Å². The summed E-state index contributed by atoms with van der Waals surface area (Å²) in [6.45, 7) is 3.89. The number of hydrogen-bond acceptors (Lipinski definition) is 6. The number of halogens is 1. The van der Waals surface area contributed by atoms with Crippen LogP contribution in [0.3, 0.4) is 0 Å². The lowest BCUT2D eigenvalue weighted by Crippen LogP contribution is -2.43. The fraction of sp³-hybridized carbons (Fsp3) is 0.320. The Kier molecular flexibility index (Phi) is 7.14. The molecule has 1 N–H and O–H groups in total. The van der Waals surface area contributed by atoms with Crippen molar-refractivity contribution in [2.45, 2.75) is 19.4 Å². The van der Waals surface area contributed by atoms with Crippen LogP contribution in [0.15, 0.2) is 60.7 Å². The largest absolute Gasteiger partial charge is 0.374 e. The quantitative estimate of drug-likeness (QED) is 0.586. The number of nitrogens with zero attached hydrogens (tertiary/aromatic N) is 4. The highest BCUT2D eigenvalue weighted by atomic mass is 19.1. The van der Waals surface area contributed by atoms with E-state index in [1.54, 1.807) is 6.07 Å². The predicted molar refractivity (Wildman–Crippen MR) is 126 cm³/mol. The monoisotopic (exact) mass is 449 g/mol. The second-order valence-electron chi connectivity index (χ2n) is 8.09. The van der Waals surface area contributed by atoms with Crippen molar-refractivity contribution in [1.29, 1.82) is 0 Å². The van der Waals surface area contributed by atoms with Crippen LogP contribution >= 0.6 is 0 Å². The molecule has 0 aliphatic carbocycles. The molecule has 3 aromatic rings. The van der Waals surface area contributed by atoms with E-state index in [9.17, 15) is 9.18 Å². The number of aryl methyl sites for hydroxylation is 1. The molecule has 1 fully saturated rings. The Balaban J connectivity index is 1.35. The summed E-state index contributed by atoms with van der Waals surface area (Å²) >= 11 is 0. The lowest BCUT2D eigenvalue weighted by atomic mass is 10.1. The first-order valence-corrected chi connectivity index (χ1v) is 11.0. The molecular formula is C25H28FN5O2. The van der Waals surface area contributed by atoms with Gasteiger partial charge in [0.05, 0.1) is 18.8 Å². The normalized spacial score (nSPS) is 15.8. The molecule has 2 aromatic heterocycles. The SMILES string of the molecule is Cc1cccc(Nc2cccc(C3CN(C(=O)CCN(C)c4cccc(F)c4)CCO3)n2)n1. The summed E-state index contributed by atoms with van der Waals surface area (Å²) < 4.78 is 19.4. The van der Waals surface area contributed by atoms with Gasteiger partial charge in [0.15, 0.2) is 0 Å². The van der Waals surface area contributed by atoms with Gasteiger partial charge >= 0.3 is 0 Å². The van der Waals surface area contributed by atoms with Gasteiger partial charge in [-0.25, -0.2) is 14.4 Å². The van der Waals surface area contributed by atoms with Gasteiger partial charge in [0.2, 0.25) is 5.91 Å². The van der Waals surface area contributed by atoms with Crippen molar-refractivity contribution >= 4 is 23.2 Å². The Bertz CT molecular complexity index is 1110. The van der Waals surface area contributed by atoms with Gasteiger partial charge in [0.1, 0.15) is 23.6 Å². The van der Waals surface area contributed by atoms with Crippen molar-refractivity contribution in [2.24, 2.45) is 0 Å². The topological polar surface area (TPSA) is 70.6 Å². The van der Waals surface area contributed by atoms with E-state index in [-0.39, 0.29) is 17.8 Å². The molecule has 8 heteroatoms. The number of ether oxygens (including phenoxy) is 1. The zero-order valence-corrected chi connectivity index (χ0v) is 18.9. The summed E-state index contributed by atoms with van der Waals surface area (Å²) in [5, 5.41) is 3.22. The number of benzene rings is 1. The first-order valence-electron chi connectivity index (χ1n) is 11.0. The van der Waals surface area contributed by atoms with E-state index in [1.165, 1.54) is 12.1 Å². The molecule has 1 amide bonds. The summed E-state index contributed by atoms with van der Waals surface area (Å²) in [7, 11) is 1.86. The molecule has 0 bridgehead atoms. The second-order valence-corrected chi connectivity index (χ2v) is 8.09. The lowest BCUT2D eigenvalue weighted by molar-refractivity contribution is -0.138. The predicted octanol–water partition coefficient (Wildman–Crippen LogP) is 4.09. The molecule has 4 rings (SSSR count). The molecule has 33 heavy (non-hydrogen) atoms. The zero-order chi connectivity index (χ0) is 23.2. The van der Waals surface area contributed by atoms with Gasteiger partial charge in [-0.2, -0.15) is 0 Å². The van der Waals surface area contributed by atoms with Crippen LogP contribution in [-0.2, 0) is 9.53 Å². The van der Waals surface area contributed by atoms with Crippen molar-refractivity contribution < 1.29 is 13.9 Å². The van der Waals surface area contributed by atoms with Crippen LogP contribution in [0.4, 0.5) is 21.7 Å². The van der Waals surface area contributed by atoms with E-state index in [0.717, 1.165) is 22.9 Å². The second kappa shape index (κ2) is 10.4. The van der Waals surface area contributed by atoms with Gasteiger partial charge in [-0.3, -0.25) is 4.79 Å². The maximum absolute atomic E-state index is 13.5. The molecule has 0 spiro atoms. The van der Waals surface area contributed by atoms with E-state index in [4.69, 9.17) is 4.74 Å². The maximum atomic E-state index is 13.5. The van der Waals surface area contributed by atoms with Crippen LogP contribution in [0.5, 0.6) is 0 Å². The summed E-state index contributed by atoms with van der Waals surface area (Å²) in [4.78, 5) is 25.7. The Hall–Kier alpha value is -3.52. The van der Waals surface area contributed by atoms with Gasteiger partial charge in [-0.15, -0.1) is 0 Å². The third-order valence-electron chi connectivity index (χ3n) is 5.57. The van der Waals surface area contributed by atoms with E-state index in [1.807, 2.05) is 66.2 Å². The molecule has 1 atom stereocenters. The molecular weight excluding hydrogens is 421 g/mol. The van der Waals surface area contributed by atoms with Crippen LogP contribution in [0.25, 0.3) is 0 Å². The summed E-state index contributed by atoms with van der Waals surface area (Å²) in [5.41, 5.74) is 2.44. The highest BCUT2D eigenvalue weighted by Crippen LogP contribution is 2.23. The summed E-state index contributed by atoms with van der Waals surface area (Å²) in [6, 6.07) is 17.8. The van der Waals surface area contributed by atoms with Crippen molar-refractivity contribution in [3.63, 3.8) is 0 Å². The van der Waals surface area contributed by atoms with Crippen molar-refractivity contribution in [3.05, 3.63) is 77.9 Å². The average Bonchev–Trinajstić information content (AvgIpc) is 2.82. The molecule has 1 saturated heterocycles. The number of carbonyl (C=O) groups excluding carboxylic acids is 1. The molecule has 3 heterocycles. The summed E-state index contributed by atoms with van der Waals surface area (Å²) in [5.74, 6) is 1.16. The lowest BCUT2D eigenvalue weighted by Gasteiger charge is -2.33. The number of pyridine rings is 2. The van der Waals surface area contributed by atoms with Crippen LogP contribution in [0.1, 0.15) is 23.9 Å². The van der Waals surface area contributed by atoms with Crippen molar-refractivity contribution in [3.8, 4) is 0 Å². The van der Waals surface area contributed by atoms with Gasteiger partial charge in [0.25, 0.3) is 0 Å². The minimum atomic E-state index is -0.295. The van der Waals surface area contributed by atoms with Crippen molar-refractivity contribution in [1.82, 2.24) is 14.9 Å². The minimum absolute atomic E-state index is 0.0461. The van der Waals surface area contributed by atoms with Crippen LogP contribution in [-0.4, -0.2) is 54.1 Å². The number of rotatable bonds is 7. The summed E-state index contributed by atoms with van der Waals surface area (Å²) in [6.07, 6.45) is 0.0456. The molecule has 1 unspecified atom stereocenters. The number of hydrogen-bond donors (Lipinski definition) is 1. The third kappa shape index (κ3) is 6.04. The number of nitrogens with one attached hydrogen (secondary N) is 1.